The minimum absolute atomic E-state index is 0.494. The normalized spacial score (nSPS) is 10.9. The molecule has 0 unspecified atom stereocenters. The summed E-state index contributed by atoms with van der Waals surface area (Å²) < 4.78 is 1.87. The van der Waals surface area contributed by atoms with E-state index < -0.39 is 0 Å². The first-order valence-corrected chi connectivity index (χ1v) is 6.68. The minimum atomic E-state index is 0.494. The number of aryl methyl sites for hydroxylation is 1. The lowest BCUT2D eigenvalue weighted by Crippen LogP contribution is -1.94. The van der Waals surface area contributed by atoms with Crippen molar-refractivity contribution in [3.63, 3.8) is 0 Å². The highest BCUT2D eigenvalue weighted by atomic mass is 35.5. The first-order chi connectivity index (χ1) is 9.56. The van der Waals surface area contributed by atoms with Gasteiger partial charge in [-0.15, -0.1) is 0 Å². The third-order valence-corrected chi connectivity index (χ3v) is 3.50. The van der Waals surface area contributed by atoms with Gasteiger partial charge in [0.15, 0.2) is 0 Å². The number of nitrogens with zero attached hydrogens (tertiary/aromatic N) is 3. The van der Waals surface area contributed by atoms with E-state index in [4.69, 9.17) is 11.6 Å². The van der Waals surface area contributed by atoms with E-state index >= 15 is 0 Å². The number of pyridine rings is 1. The molecular weight excluding hydrogens is 270 g/mol. The summed E-state index contributed by atoms with van der Waals surface area (Å²) >= 11 is 5.96. The number of benzene rings is 1. The highest BCUT2D eigenvalue weighted by molar-refractivity contribution is 6.29. The monoisotopic (exact) mass is 283 g/mol. The van der Waals surface area contributed by atoms with E-state index in [0.717, 1.165) is 33.3 Å². The molecule has 0 aliphatic carbocycles. The van der Waals surface area contributed by atoms with Crippen LogP contribution in [0, 0.1) is 0 Å². The Balaban J connectivity index is 2.24. The summed E-state index contributed by atoms with van der Waals surface area (Å²) in [7, 11) is 1.94. The van der Waals surface area contributed by atoms with Crippen LogP contribution in [0.2, 0.25) is 5.15 Å². The predicted molar refractivity (Wildman–Crippen MR) is 83.7 cm³/mol. The molecule has 0 amide bonds. The average Bonchev–Trinajstić information content (AvgIpc) is 2.73. The quantitative estimate of drug-likeness (QED) is 0.656. The van der Waals surface area contributed by atoms with Crippen LogP contribution in [0.4, 0.5) is 0 Å². The van der Waals surface area contributed by atoms with Crippen LogP contribution < -0.4 is 0 Å². The van der Waals surface area contributed by atoms with E-state index in [9.17, 15) is 0 Å². The summed E-state index contributed by atoms with van der Waals surface area (Å²) in [5, 5.41) is 6.10. The lowest BCUT2D eigenvalue weighted by atomic mass is 10.0. The Labute approximate surface area is 122 Å². The summed E-state index contributed by atoms with van der Waals surface area (Å²) in [5.41, 5.74) is 5.16. The van der Waals surface area contributed by atoms with Gasteiger partial charge in [-0.1, -0.05) is 24.2 Å². The fraction of sp³-hybridized carbons (Fsp3) is 0.125. The van der Waals surface area contributed by atoms with Gasteiger partial charge in [-0.2, -0.15) is 5.10 Å². The minimum Gasteiger partial charge on any atom is -0.267 e. The predicted octanol–water partition coefficient (Wildman–Crippen LogP) is 4.32. The number of aromatic nitrogens is 3. The molecule has 3 aromatic rings. The maximum atomic E-state index is 5.96. The van der Waals surface area contributed by atoms with Gasteiger partial charge in [0.1, 0.15) is 5.15 Å². The highest BCUT2D eigenvalue weighted by Gasteiger charge is 2.10. The molecule has 4 heteroatoms. The van der Waals surface area contributed by atoms with Crippen molar-refractivity contribution in [2.75, 3.05) is 0 Å². The van der Waals surface area contributed by atoms with Crippen molar-refractivity contribution in [3.8, 4) is 11.1 Å². The first kappa shape index (κ1) is 12.9. The Morgan fingerprint density at radius 2 is 1.95 bits per heavy atom. The van der Waals surface area contributed by atoms with E-state index in [0.29, 0.717) is 5.15 Å². The zero-order valence-electron chi connectivity index (χ0n) is 11.4. The van der Waals surface area contributed by atoms with Crippen molar-refractivity contribution < 1.29 is 0 Å². The molecule has 0 bridgehead atoms. The standard InChI is InChI=1S/C16H14ClN3/c1-10(2)16-13-8-11(4-5-14(13)19-20(16)3)12-6-7-18-15(17)9-12/h4-9H,1H2,2-3H3. The summed E-state index contributed by atoms with van der Waals surface area (Å²) in [6.07, 6.45) is 1.71. The van der Waals surface area contributed by atoms with E-state index in [1.54, 1.807) is 6.20 Å². The lowest BCUT2D eigenvalue weighted by Gasteiger charge is -2.04. The Morgan fingerprint density at radius 1 is 1.20 bits per heavy atom. The second-order valence-corrected chi connectivity index (χ2v) is 5.24. The fourth-order valence-corrected chi connectivity index (χ4v) is 2.64. The molecule has 0 atom stereocenters. The average molecular weight is 284 g/mol. The number of rotatable bonds is 2. The molecule has 0 radical (unpaired) electrons. The molecular formula is C16H14ClN3. The number of hydrogen-bond donors (Lipinski definition) is 0. The Kier molecular flexibility index (Phi) is 3.07. The van der Waals surface area contributed by atoms with E-state index in [1.165, 1.54) is 0 Å². The molecule has 2 aromatic heterocycles. The van der Waals surface area contributed by atoms with Gasteiger partial charge in [-0.05, 0) is 47.9 Å². The smallest absolute Gasteiger partial charge is 0.129 e. The van der Waals surface area contributed by atoms with Crippen LogP contribution >= 0.6 is 11.6 Å². The molecule has 0 saturated carbocycles. The van der Waals surface area contributed by atoms with Gasteiger partial charge in [0.25, 0.3) is 0 Å². The lowest BCUT2D eigenvalue weighted by molar-refractivity contribution is 0.767. The summed E-state index contributed by atoms with van der Waals surface area (Å²) in [6, 6.07) is 10.00. The molecule has 3 rings (SSSR count). The Morgan fingerprint density at radius 3 is 2.65 bits per heavy atom. The molecule has 0 spiro atoms. The van der Waals surface area contributed by atoms with E-state index in [-0.39, 0.29) is 0 Å². The SMILES string of the molecule is C=C(C)c1c2cc(-c3ccnc(Cl)c3)ccc2nn1C. The molecule has 100 valence electrons. The third kappa shape index (κ3) is 2.10. The summed E-state index contributed by atoms with van der Waals surface area (Å²) in [4.78, 5) is 4.01. The molecule has 20 heavy (non-hydrogen) atoms. The molecule has 0 aliphatic rings. The topological polar surface area (TPSA) is 30.7 Å². The van der Waals surface area contributed by atoms with Gasteiger partial charge < -0.3 is 0 Å². The van der Waals surface area contributed by atoms with Crippen LogP contribution in [-0.4, -0.2) is 14.8 Å². The second-order valence-electron chi connectivity index (χ2n) is 4.85. The number of hydrogen-bond acceptors (Lipinski definition) is 2. The number of halogens is 1. The molecule has 1 aromatic carbocycles. The first-order valence-electron chi connectivity index (χ1n) is 6.31. The van der Waals surface area contributed by atoms with Crippen molar-refractivity contribution in [2.24, 2.45) is 7.05 Å². The van der Waals surface area contributed by atoms with Gasteiger partial charge in [0.2, 0.25) is 0 Å². The van der Waals surface area contributed by atoms with Crippen LogP contribution in [0.25, 0.3) is 27.6 Å². The van der Waals surface area contributed by atoms with Crippen LogP contribution in [0.3, 0.4) is 0 Å². The molecule has 3 nitrogen and oxygen atoms in total. The van der Waals surface area contributed by atoms with Crippen molar-refractivity contribution in [1.29, 1.82) is 0 Å². The summed E-state index contributed by atoms with van der Waals surface area (Å²) in [6.45, 7) is 6.03. The van der Waals surface area contributed by atoms with Gasteiger partial charge in [0.05, 0.1) is 11.2 Å². The van der Waals surface area contributed by atoms with Crippen molar-refractivity contribution in [3.05, 3.63) is 54.0 Å². The number of allylic oxidation sites excluding steroid dienone is 1. The molecule has 0 saturated heterocycles. The number of fused-ring (bicyclic) bond motifs is 1. The zero-order valence-corrected chi connectivity index (χ0v) is 12.1. The van der Waals surface area contributed by atoms with Crippen molar-refractivity contribution in [2.45, 2.75) is 6.92 Å². The Hall–Kier alpha value is -2.13. The van der Waals surface area contributed by atoms with Gasteiger partial charge in [0, 0.05) is 18.6 Å². The molecule has 0 aliphatic heterocycles. The largest absolute Gasteiger partial charge is 0.267 e. The van der Waals surface area contributed by atoms with E-state index in [1.807, 2.05) is 42.9 Å². The van der Waals surface area contributed by atoms with Crippen molar-refractivity contribution >= 4 is 28.1 Å². The molecule has 0 N–H and O–H groups in total. The summed E-state index contributed by atoms with van der Waals surface area (Å²) in [5.74, 6) is 0. The molecule has 2 heterocycles. The zero-order chi connectivity index (χ0) is 14.3. The van der Waals surface area contributed by atoms with Gasteiger partial charge in [-0.25, -0.2) is 4.98 Å². The van der Waals surface area contributed by atoms with Gasteiger partial charge >= 0.3 is 0 Å². The van der Waals surface area contributed by atoms with Crippen LogP contribution in [0.5, 0.6) is 0 Å². The van der Waals surface area contributed by atoms with Crippen LogP contribution in [0.1, 0.15) is 12.6 Å². The maximum absolute atomic E-state index is 5.96. The molecule has 0 fully saturated rings. The fourth-order valence-electron chi connectivity index (χ4n) is 2.47. The Bertz CT molecular complexity index is 818. The van der Waals surface area contributed by atoms with Crippen molar-refractivity contribution in [1.82, 2.24) is 14.8 Å². The van der Waals surface area contributed by atoms with E-state index in [2.05, 4.69) is 22.7 Å². The van der Waals surface area contributed by atoms with Gasteiger partial charge in [-0.3, -0.25) is 4.68 Å². The maximum Gasteiger partial charge on any atom is 0.129 e. The highest BCUT2D eigenvalue weighted by Crippen LogP contribution is 2.29. The third-order valence-electron chi connectivity index (χ3n) is 3.30. The van der Waals surface area contributed by atoms with Crippen LogP contribution in [0.15, 0.2) is 43.1 Å². The second kappa shape index (κ2) is 4.76. The van der Waals surface area contributed by atoms with Crippen LogP contribution in [-0.2, 0) is 7.05 Å².